The maximum Gasteiger partial charge on any atom is 0.0431 e. The number of aliphatic hydroxyl groups is 1. The summed E-state index contributed by atoms with van der Waals surface area (Å²) in [6, 6.07) is 0. The first-order valence-electron chi connectivity index (χ1n) is 10.4. The van der Waals surface area contributed by atoms with E-state index in [0.717, 1.165) is 12.3 Å². The predicted molar refractivity (Wildman–Crippen MR) is 100 cm³/mol. The molecule has 22 heavy (non-hydrogen) atoms. The summed E-state index contributed by atoms with van der Waals surface area (Å²) in [4.78, 5) is 0. The van der Waals surface area contributed by atoms with Crippen LogP contribution in [-0.2, 0) is 0 Å². The second kappa shape index (κ2) is 19.0. The van der Waals surface area contributed by atoms with E-state index in [0.29, 0.717) is 6.61 Å². The Morgan fingerprint density at radius 2 is 0.909 bits per heavy atom. The first-order valence-corrected chi connectivity index (χ1v) is 10.4. The van der Waals surface area contributed by atoms with Gasteiger partial charge in [0.1, 0.15) is 0 Å². The molecule has 0 radical (unpaired) electrons. The highest BCUT2D eigenvalue weighted by molar-refractivity contribution is 4.56. The number of aliphatic hydroxyl groups excluding tert-OH is 1. The zero-order valence-corrected chi connectivity index (χ0v) is 15.8. The van der Waals surface area contributed by atoms with Gasteiger partial charge in [0.25, 0.3) is 0 Å². The van der Waals surface area contributed by atoms with Gasteiger partial charge in [-0.1, -0.05) is 117 Å². The summed E-state index contributed by atoms with van der Waals surface area (Å²) >= 11 is 0. The number of unbranched alkanes of at least 4 members (excludes halogenated alkanes) is 13. The highest BCUT2D eigenvalue weighted by Gasteiger charge is 2.02. The molecular weight excluding hydrogens is 268 g/mol. The molecule has 0 fully saturated rings. The molecule has 0 aromatic rings. The molecule has 0 aromatic heterocycles. The minimum absolute atomic E-state index is 0.370. The molecule has 0 aliphatic carbocycles. The van der Waals surface area contributed by atoms with E-state index in [4.69, 9.17) is 5.11 Å². The first kappa shape index (κ1) is 22.0. The third-order valence-corrected chi connectivity index (χ3v) is 4.91. The Morgan fingerprint density at radius 1 is 0.545 bits per heavy atom. The molecule has 0 saturated heterocycles. The SMILES string of the molecule is CCCCCCCCCCCCC(C)CCCCCCCO. The van der Waals surface area contributed by atoms with Crippen molar-refractivity contribution in [3.63, 3.8) is 0 Å². The van der Waals surface area contributed by atoms with Crippen molar-refractivity contribution in [3.05, 3.63) is 0 Å². The lowest BCUT2D eigenvalue weighted by Gasteiger charge is -2.11. The maximum atomic E-state index is 8.73. The van der Waals surface area contributed by atoms with Crippen LogP contribution in [0.3, 0.4) is 0 Å². The minimum atomic E-state index is 0.370. The largest absolute Gasteiger partial charge is 0.396 e. The Kier molecular flexibility index (Phi) is 19.0. The van der Waals surface area contributed by atoms with E-state index < -0.39 is 0 Å². The summed E-state index contributed by atoms with van der Waals surface area (Å²) in [5, 5.41) is 8.73. The fourth-order valence-electron chi connectivity index (χ4n) is 3.26. The summed E-state index contributed by atoms with van der Waals surface area (Å²) in [6.45, 7) is 5.09. The van der Waals surface area contributed by atoms with Crippen LogP contribution < -0.4 is 0 Å². The second-order valence-electron chi connectivity index (χ2n) is 7.36. The molecule has 1 nitrogen and oxygen atoms in total. The summed E-state index contributed by atoms with van der Waals surface area (Å²) in [7, 11) is 0. The van der Waals surface area contributed by atoms with E-state index in [1.807, 2.05) is 0 Å². The Hall–Kier alpha value is -0.0400. The van der Waals surface area contributed by atoms with Crippen LogP contribution in [-0.4, -0.2) is 11.7 Å². The fraction of sp³-hybridized carbons (Fsp3) is 1.00. The van der Waals surface area contributed by atoms with Crippen molar-refractivity contribution in [3.8, 4) is 0 Å². The Bertz CT molecular complexity index is 190. The van der Waals surface area contributed by atoms with Crippen LogP contribution in [0, 0.1) is 5.92 Å². The van der Waals surface area contributed by atoms with E-state index in [2.05, 4.69) is 13.8 Å². The zero-order valence-electron chi connectivity index (χ0n) is 15.8. The summed E-state index contributed by atoms with van der Waals surface area (Å²) in [5.74, 6) is 0.923. The van der Waals surface area contributed by atoms with Gasteiger partial charge in [-0.2, -0.15) is 0 Å². The molecule has 0 bridgehead atoms. The van der Waals surface area contributed by atoms with Crippen molar-refractivity contribution < 1.29 is 5.11 Å². The van der Waals surface area contributed by atoms with Crippen molar-refractivity contribution >= 4 is 0 Å². The van der Waals surface area contributed by atoms with Crippen LogP contribution in [0.25, 0.3) is 0 Å². The van der Waals surface area contributed by atoms with Crippen LogP contribution >= 0.6 is 0 Å². The van der Waals surface area contributed by atoms with Gasteiger partial charge in [-0.15, -0.1) is 0 Å². The molecule has 0 aliphatic rings. The molecule has 0 rings (SSSR count). The predicted octanol–water partition coefficient (Wildman–Crippen LogP) is 7.27. The van der Waals surface area contributed by atoms with Gasteiger partial charge in [-0.3, -0.25) is 0 Å². The zero-order chi connectivity index (χ0) is 16.3. The quantitative estimate of drug-likeness (QED) is 0.264. The van der Waals surface area contributed by atoms with Crippen molar-refractivity contribution in [2.24, 2.45) is 5.92 Å². The van der Waals surface area contributed by atoms with E-state index in [-0.39, 0.29) is 0 Å². The smallest absolute Gasteiger partial charge is 0.0431 e. The summed E-state index contributed by atoms with van der Waals surface area (Å²) in [6.07, 6.45) is 23.6. The standard InChI is InChI=1S/C21H44O/c1-3-4-5-6-7-8-9-10-12-15-18-21(2)19-16-13-11-14-17-20-22/h21-22H,3-20H2,1-2H3. The van der Waals surface area contributed by atoms with E-state index in [1.165, 1.54) is 103 Å². The van der Waals surface area contributed by atoms with Crippen LogP contribution in [0.5, 0.6) is 0 Å². The van der Waals surface area contributed by atoms with Gasteiger partial charge in [-0.05, 0) is 12.3 Å². The van der Waals surface area contributed by atoms with Gasteiger partial charge in [-0.25, -0.2) is 0 Å². The van der Waals surface area contributed by atoms with Crippen LogP contribution in [0.15, 0.2) is 0 Å². The molecule has 0 saturated carbocycles. The minimum Gasteiger partial charge on any atom is -0.396 e. The van der Waals surface area contributed by atoms with Gasteiger partial charge >= 0.3 is 0 Å². The lowest BCUT2D eigenvalue weighted by Crippen LogP contribution is -1.95. The van der Waals surface area contributed by atoms with Crippen LogP contribution in [0.1, 0.15) is 123 Å². The topological polar surface area (TPSA) is 20.2 Å². The van der Waals surface area contributed by atoms with Crippen LogP contribution in [0.2, 0.25) is 0 Å². The number of hydrogen-bond donors (Lipinski definition) is 1. The third kappa shape index (κ3) is 18.0. The highest BCUT2D eigenvalue weighted by atomic mass is 16.2. The maximum absolute atomic E-state index is 8.73. The van der Waals surface area contributed by atoms with Gasteiger partial charge in [0.2, 0.25) is 0 Å². The number of hydrogen-bond acceptors (Lipinski definition) is 1. The van der Waals surface area contributed by atoms with Gasteiger partial charge in [0.05, 0.1) is 0 Å². The molecule has 1 unspecified atom stereocenters. The number of rotatable bonds is 18. The lowest BCUT2D eigenvalue weighted by atomic mass is 9.96. The van der Waals surface area contributed by atoms with Gasteiger partial charge in [0.15, 0.2) is 0 Å². The van der Waals surface area contributed by atoms with Crippen LogP contribution in [0.4, 0.5) is 0 Å². The van der Waals surface area contributed by atoms with Crippen molar-refractivity contribution in [1.82, 2.24) is 0 Å². The Labute approximate surface area is 141 Å². The lowest BCUT2D eigenvalue weighted by molar-refractivity contribution is 0.282. The normalized spacial score (nSPS) is 12.7. The van der Waals surface area contributed by atoms with E-state index in [9.17, 15) is 0 Å². The average molecular weight is 313 g/mol. The molecule has 1 heteroatoms. The van der Waals surface area contributed by atoms with Crippen molar-refractivity contribution in [2.75, 3.05) is 6.61 Å². The molecule has 0 aromatic carbocycles. The van der Waals surface area contributed by atoms with Gasteiger partial charge < -0.3 is 5.11 Å². The molecule has 0 aliphatic heterocycles. The Balaban J connectivity index is 3.10. The third-order valence-electron chi connectivity index (χ3n) is 4.91. The molecular formula is C21H44O. The highest BCUT2D eigenvalue weighted by Crippen LogP contribution is 2.18. The molecule has 0 heterocycles. The van der Waals surface area contributed by atoms with Crippen molar-refractivity contribution in [2.45, 2.75) is 123 Å². The monoisotopic (exact) mass is 312 g/mol. The molecule has 1 N–H and O–H groups in total. The summed E-state index contributed by atoms with van der Waals surface area (Å²) < 4.78 is 0. The van der Waals surface area contributed by atoms with E-state index in [1.54, 1.807) is 0 Å². The van der Waals surface area contributed by atoms with Crippen molar-refractivity contribution in [1.29, 1.82) is 0 Å². The molecule has 1 atom stereocenters. The fourth-order valence-corrected chi connectivity index (χ4v) is 3.26. The molecule has 134 valence electrons. The van der Waals surface area contributed by atoms with E-state index >= 15 is 0 Å². The van der Waals surface area contributed by atoms with Gasteiger partial charge in [0, 0.05) is 6.61 Å². The second-order valence-corrected chi connectivity index (χ2v) is 7.36. The summed E-state index contributed by atoms with van der Waals surface area (Å²) in [5.41, 5.74) is 0. The average Bonchev–Trinajstić information content (AvgIpc) is 2.52. The molecule has 0 spiro atoms. The molecule has 0 amide bonds. The first-order chi connectivity index (χ1) is 10.8. The Morgan fingerprint density at radius 3 is 1.32 bits per heavy atom.